The van der Waals surface area contributed by atoms with Crippen molar-refractivity contribution in [2.24, 2.45) is 0 Å². The minimum absolute atomic E-state index is 0.0356. The summed E-state index contributed by atoms with van der Waals surface area (Å²) >= 11 is 0. The zero-order valence-corrected chi connectivity index (χ0v) is 25.2. The fraction of sp³-hybridized carbons (Fsp3) is 0.517. The Labute approximate surface area is 227 Å². The van der Waals surface area contributed by atoms with Crippen LogP contribution < -0.4 is 9.47 Å². The van der Waals surface area contributed by atoms with Gasteiger partial charge in [-0.05, 0) is 66.9 Å². The molecular formula is C29H39NO6SSi. The second-order valence-electron chi connectivity index (χ2n) is 12.1. The maximum atomic E-state index is 14.0. The smallest absolute Gasteiger partial charge is 0.243 e. The first-order valence-corrected chi connectivity index (χ1v) is 17.6. The first-order valence-electron chi connectivity index (χ1n) is 13.2. The zero-order chi connectivity index (χ0) is 27.5. The van der Waals surface area contributed by atoms with E-state index < -0.39 is 18.3 Å². The van der Waals surface area contributed by atoms with Crippen molar-refractivity contribution in [1.82, 2.24) is 4.31 Å². The van der Waals surface area contributed by atoms with Crippen LogP contribution in [0.15, 0.2) is 59.0 Å². The van der Waals surface area contributed by atoms with Gasteiger partial charge in [0, 0.05) is 25.6 Å². The van der Waals surface area contributed by atoms with E-state index in [1.54, 1.807) is 23.5 Å². The number of methoxy groups -OCH3 is 1. The first kappa shape index (κ1) is 27.4. The third-order valence-corrected chi connectivity index (χ3v) is 15.0. The predicted octanol–water partition coefficient (Wildman–Crippen LogP) is 5.62. The third-order valence-electron chi connectivity index (χ3n) is 8.64. The molecule has 0 unspecified atom stereocenters. The highest BCUT2D eigenvalue weighted by molar-refractivity contribution is 7.89. The van der Waals surface area contributed by atoms with E-state index in [9.17, 15) is 8.42 Å². The molecule has 2 aromatic rings. The topological polar surface area (TPSA) is 74.3 Å². The average molecular weight is 558 g/mol. The lowest BCUT2D eigenvalue weighted by Crippen LogP contribution is -2.50. The van der Waals surface area contributed by atoms with Crippen molar-refractivity contribution >= 4 is 18.3 Å². The van der Waals surface area contributed by atoms with Crippen molar-refractivity contribution in [3.05, 3.63) is 65.2 Å². The van der Waals surface area contributed by atoms with Gasteiger partial charge in [-0.3, -0.25) is 0 Å². The Hall–Kier alpha value is -2.17. The van der Waals surface area contributed by atoms with Crippen molar-refractivity contribution in [2.45, 2.75) is 81.3 Å². The van der Waals surface area contributed by atoms with Crippen LogP contribution >= 0.6 is 0 Å². The van der Waals surface area contributed by atoms with Crippen molar-refractivity contribution in [3.8, 4) is 11.5 Å². The molecule has 5 rings (SSSR count). The predicted molar refractivity (Wildman–Crippen MR) is 150 cm³/mol. The number of sulfonamides is 1. The molecule has 206 valence electrons. The van der Waals surface area contributed by atoms with Gasteiger partial charge >= 0.3 is 0 Å². The number of benzene rings is 2. The summed E-state index contributed by atoms with van der Waals surface area (Å²) in [6, 6.07) is 12.7. The Balaban J connectivity index is 1.58. The molecule has 7 nitrogen and oxygen atoms in total. The molecule has 2 aliphatic heterocycles. The second kappa shape index (κ2) is 9.78. The molecule has 0 spiro atoms. The van der Waals surface area contributed by atoms with E-state index in [2.05, 4.69) is 39.9 Å². The molecule has 9 heteroatoms. The Morgan fingerprint density at radius 3 is 2.37 bits per heavy atom. The fourth-order valence-electron chi connectivity index (χ4n) is 5.34. The van der Waals surface area contributed by atoms with Gasteiger partial charge in [0.25, 0.3) is 0 Å². The molecule has 0 aromatic heterocycles. The van der Waals surface area contributed by atoms with E-state index in [-0.39, 0.29) is 36.0 Å². The summed E-state index contributed by atoms with van der Waals surface area (Å²) in [6.45, 7) is 13.6. The molecule has 0 bridgehead atoms. The number of hydrogen-bond donors (Lipinski definition) is 0. The minimum atomic E-state index is -3.74. The maximum Gasteiger partial charge on any atom is 0.243 e. The molecule has 4 atom stereocenters. The van der Waals surface area contributed by atoms with Gasteiger partial charge in [-0.2, -0.15) is 4.31 Å². The number of fused-ring (bicyclic) bond motifs is 2. The van der Waals surface area contributed by atoms with Crippen molar-refractivity contribution in [1.29, 1.82) is 0 Å². The quantitative estimate of drug-likeness (QED) is 0.339. The van der Waals surface area contributed by atoms with Crippen LogP contribution in [-0.2, 0) is 19.2 Å². The van der Waals surface area contributed by atoms with Gasteiger partial charge in [-0.1, -0.05) is 50.6 Å². The summed E-state index contributed by atoms with van der Waals surface area (Å²) in [5.41, 5.74) is 3.09. The molecule has 0 amide bonds. The molecule has 0 radical (unpaired) electrons. The van der Waals surface area contributed by atoms with Gasteiger partial charge in [-0.15, -0.1) is 0 Å². The van der Waals surface area contributed by atoms with Gasteiger partial charge in [0.2, 0.25) is 16.8 Å². The maximum absolute atomic E-state index is 14.0. The summed E-state index contributed by atoms with van der Waals surface area (Å²) in [7, 11) is -4.16. The number of ether oxygens (including phenoxy) is 3. The number of rotatable bonds is 6. The molecule has 1 aliphatic carbocycles. The summed E-state index contributed by atoms with van der Waals surface area (Å²) < 4.78 is 53.6. The molecule has 0 saturated carbocycles. The summed E-state index contributed by atoms with van der Waals surface area (Å²) in [4.78, 5) is 0.308. The standard InChI is InChI=1S/C29H39NO6SSi/c1-19-8-11-21(12-9-19)37(31,32)30-17-23(20-10-13-25-27(14-20)35-18-34-25)22-15-28(26(33-5)16-24(22)30)36-38(6,7)29(2,3)4/h8-15,23-24,26,28H,16-18H2,1-7H3/t23-,24+,26+,28-/m0/s1. The fourth-order valence-corrected chi connectivity index (χ4v) is 8.23. The summed E-state index contributed by atoms with van der Waals surface area (Å²) in [6.07, 6.45) is 2.20. The van der Waals surface area contributed by atoms with Crippen LogP contribution in [0.3, 0.4) is 0 Å². The number of hydrogen-bond acceptors (Lipinski definition) is 6. The monoisotopic (exact) mass is 557 g/mol. The largest absolute Gasteiger partial charge is 0.454 e. The Morgan fingerprint density at radius 1 is 1.03 bits per heavy atom. The van der Waals surface area contributed by atoms with Crippen LogP contribution in [0.1, 0.15) is 44.2 Å². The molecule has 3 aliphatic rings. The lowest BCUT2D eigenvalue weighted by Gasteiger charge is -2.43. The van der Waals surface area contributed by atoms with E-state index in [4.69, 9.17) is 18.6 Å². The van der Waals surface area contributed by atoms with E-state index in [1.807, 2.05) is 37.3 Å². The van der Waals surface area contributed by atoms with Gasteiger partial charge in [-0.25, -0.2) is 8.42 Å². The minimum Gasteiger partial charge on any atom is -0.454 e. The zero-order valence-electron chi connectivity index (χ0n) is 23.4. The highest BCUT2D eigenvalue weighted by Gasteiger charge is 2.50. The number of aryl methyl sites for hydroxylation is 1. The van der Waals surface area contributed by atoms with Crippen LogP contribution in [0.4, 0.5) is 0 Å². The summed E-state index contributed by atoms with van der Waals surface area (Å²) in [5.74, 6) is 1.28. The van der Waals surface area contributed by atoms with Crippen molar-refractivity contribution in [3.63, 3.8) is 0 Å². The SMILES string of the molecule is CO[C@@H]1C[C@@H]2C(=C[C@@H]1O[Si](C)(C)C(C)(C)C)[C@H](c1ccc3c(c1)OCO3)CN2S(=O)(=O)c1ccc(C)cc1. The third kappa shape index (κ3) is 4.84. The highest BCUT2D eigenvalue weighted by atomic mass is 32.2. The molecule has 1 saturated heterocycles. The molecule has 38 heavy (non-hydrogen) atoms. The molecule has 2 heterocycles. The van der Waals surface area contributed by atoms with E-state index in [0.717, 1.165) is 16.7 Å². The second-order valence-corrected chi connectivity index (χ2v) is 18.7. The molecule has 0 N–H and O–H groups in total. The van der Waals surface area contributed by atoms with E-state index in [1.165, 1.54) is 0 Å². The average Bonchev–Trinajstić information content (AvgIpc) is 3.47. The lowest BCUT2D eigenvalue weighted by molar-refractivity contribution is -0.0000448. The normalized spacial score (nSPS) is 25.8. The van der Waals surface area contributed by atoms with Crippen LogP contribution in [0.25, 0.3) is 0 Å². The van der Waals surface area contributed by atoms with E-state index >= 15 is 0 Å². The van der Waals surface area contributed by atoms with Gasteiger partial charge in [0.15, 0.2) is 19.8 Å². The highest BCUT2D eigenvalue weighted by Crippen LogP contribution is 2.48. The lowest BCUT2D eigenvalue weighted by atomic mass is 9.83. The number of nitrogens with zero attached hydrogens (tertiary/aromatic N) is 1. The van der Waals surface area contributed by atoms with Crippen molar-refractivity contribution in [2.75, 3.05) is 20.4 Å². The van der Waals surface area contributed by atoms with Gasteiger partial charge in [0.05, 0.1) is 17.1 Å². The van der Waals surface area contributed by atoms with Crippen LogP contribution in [-0.4, -0.2) is 59.7 Å². The Bertz CT molecular complexity index is 1330. The van der Waals surface area contributed by atoms with Crippen LogP contribution in [0, 0.1) is 6.92 Å². The first-order chi connectivity index (χ1) is 17.8. The van der Waals surface area contributed by atoms with Gasteiger partial charge in [0.1, 0.15) is 0 Å². The Morgan fingerprint density at radius 2 is 1.71 bits per heavy atom. The van der Waals surface area contributed by atoms with E-state index in [0.29, 0.717) is 29.4 Å². The van der Waals surface area contributed by atoms with Crippen LogP contribution in [0.2, 0.25) is 18.1 Å². The molecular weight excluding hydrogens is 518 g/mol. The van der Waals surface area contributed by atoms with Crippen LogP contribution in [0.5, 0.6) is 11.5 Å². The summed E-state index contributed by atoms with van der Waals surface area (Å²) in [5, 5.41) is 0.0356. The van der Waals surface area contributed by atoms with Crippen molar-refractivity contribution < 1.29 is 27.1 Å². The molecule has 1 fully saturated rings. The molecule has 2 aromatic carbocycles. The van der Waals surface area contributed by atoms with Gasteiger partial charge < -0.3 is 18.6 Å². The Kier molecular flexibility index (Phi) is 7.05.